The van der Waals surface area contributed by atoms with Gasteiger partial charge in [0.25, 0.3) is 0 Å². The van der Waals surface area contributed by atoms with Crippen molar-refractivity contribution in [3.8, 4) is 5.75 Å². The van der Waals surface area contributed by atoms with Gasteiger partial charge in [-0.25, -0.2) is 0 Å². The second kappa shape index (κ2) is 5.78. The Balaban J connectivity index is 2.61. The van der Waals surface area contributed by atoms with Gasteiger partial charge >= 0.3 is 0 Å². The number of ether oxygens (including phenoxy) is 1. The monoisotopic (exact) mass is 221 g/mol. The van der Waals surface area contributed by atoms with Crippen molar-refractivity contribution in [3.05, 3.63) is 24.3 Å². The molecular weight excluding hydrogens is 198 g/mol. The van der Waals surface area contributed by atoms with Gasteiger partial charge in [0.2, 0.25) is 0 Å². The summed E-state index contributed by atoms with van der Waals surface area (Å²) in [6.07, 6.45) is 2.36. The fourth-order valence-electron chi connectivity index (χ4n) is 1.88. The topological polar surface area (TPSA) is 21.3 Å². The molecule has 1 aromatic rings. The summed E-state index contributed by atoms with van der Waals surface area (Å²) in [6.45, 7) is 9.38. The van der Waals surface area contributed by atoms with Crippen molar-refractivity contribution in [3.63, 3.8) is 0 Å². The molecule has 0 saturated carbocycles. The van der Waals surface area contributed by atoms with E-state index in [1.165, 1.54) is 12.8 Å². The highest BCUT2D eigenvalue weighted by molar-refractivity contribution is 5.48. The van der Waals surface area contributed by atoms with Crippen LogP contribution in [0.3, 0.4) is 0 Å². The maximum atomic E-state index is 5.41. The lowest BCUT2D eigenvalue weighted by Gasteiger charge is -2.27. The maximum Gasteiger partial charge on any atom is 0.119 e. The van der Waals surface area contributed by atoms with Gasteiger partial charge in [0, 0.05) is 11.2 Å². The molecule has 1 N–H and O–H groups in total. The smallest absolute Gasteiger partial charge is 0.119 e. The third kappa shape index (κ3) is 4.13. The normalized spacial score (nSPS) is 11.2. The molecule has 1 aromatic carbocycles. The van der Waals surface area contributed by atoms with E-state index >= 15 is 0 Å². The lowest BCUT2D eigenvalue weighted by Crippen LogP contribution is -2.30. The van der Waals surface area contributed by atoms with Gasteiger partial charge in [-0.2, -0.15) is 0 Å². The van der Waals surface area contributed by atoms with E-state index in [1.807, 2.05) is 19.1 Å². The van der Waals surface area contributed by atoms with Crippen LogP contribution < -0.4 is 10.1 Å². The van der Waals surface area contributed by atoms with Crippen LogP contribution in [0.15, 0.2) is 24.3 Å². The van der Waals surface area contributed by atoms with E-state index in [0.717, 1.165) is 11.4 Å². The second-order valence-electron chi connectivity index (χ2n) is 4.72. The van der Waals surface area contributed by atoms with E-state index in [2.05, 4.69) is 38.2 Å². The summed E-state index contributed by atoms with van der Waals surface area (Å²) in [6, 6.07) is 8.16. The lowest BCUT2D eigenvalue weighted by molar-refractivity contribution is 0.340. The molecule has 90 valence electrons. The van der Waals surface area contributed by atoms with E-state index in [1.54, 1.807) is 0 Å². The molecule has 16 heavy (non-hydrogen) atoms. The van der Waals surface area contributed by atoms with Gasteiger partial charge in [-0.15, -0.1) is 0 Å². The van der Waals surface area contributed by atoms with Crippen molar-refractivity contribution >= 4 is 5.69 Å². The Morgan fingerprint density at radius 1 is 1.12 bits per heavy atom. The van der Waals surface area contributed by atoms with Crippen molar-refractivity contribution in [1.82, 2.24) is 0 Å². The van der Waals surface area contributed by atoms with Gasteiger partial charge < -0.3 is 10.1 Å². The van der Waals surface area contributed by atoms with Crippen molar-refractivity contribution in [1.29, 1.82) is 0 Å². The van der Waals surface area contributed by atoms with Crippen LogP contribution in [0.25, 0.3) is 0 Å². The number of nitrogens with one attached hydrogen (secondary N) is 1. The first-order valence-corrected chi connectivity index (χ1v) is 6.08. The summed E-state index contributed by atoms with van der Waals surface area (Å²) >= 11 is 0. The van der Waals surface area contributed by atoms with Crippen LogP contribution in [0.4, 0.5) is 5.69 Å². The summed E-state index contributed by atoms with van der Waals surface area (Å²) in [5, 5.41) is 3.53. The zero-order valence-corrected chi connectivity index (χ0v) is 10.8. The largest absolute Gasteiger partial charge is 0.494 e. The first kappa shape index (κ1) is 12.9. The van der Waals surface area contributed by atoms with Crippen molar-refractivity contribution in [2.75, 3.05) is 11.9 Å². The molecule has 0 radical (unpaired) electrons. The molecule has 2 nitrogen and oxygen atoms in total. The Labute approximate surface area is 99.0 Å². The lowest BCUT2D eigenvalue weighted by atomic mass is 9.98. The maximum absolute atomic E-state index is 5.41. The minimum atomic E-state index is 0.155. The molecule has 0 amide bonds. The van der Waals surface area contributed by atoms with Crippen LogP contribution >= 0.6 is 0 Å². The average Bonchev–Trinajstić information content (AvgIpc) is 2.21. The molecule has 0 fully saturated rings. The van der Waals surface area contributed by atoms with Crippen LogP contribution in [0.1, 0.15) is 40.5 Å². The zero-order chi connectivity index (χ0) is 12.0. The third-order valence-corrected chi connectivity index (χ3v) is 2.52. The van der Waals surface area contributed by atoms with E-state index in [-0.39, 0.29) is 5.54 Å². The van der Waals surface area contributed by atoms with Crippen LogP contribution in [-0.4, -0.2) is 12.1 Å². The Morgan fingerprint density at radius 2 is 1.75 bits per heavy atom. The van der Waals surface area contributed by atoms with Gasteiger partial charge in [-0.3, -0.25) is 0 Å². The molecule has 0 aliphatic carbocycles. The Morgan fingerprint density at radius 3 is 2.25 bits per heavy atom. The number of hydrogen-bond donors (Lipinski definition) is 1. The van der Waals surface area contributed by atoms with Crippen LogP contribution in [0.2, 0.25) is 0 Å². The predicted molar refractivity (Wildman–Crippen MR) is 70.2 cm³/mol. The molecule has 0 bridgehead atoms. The minimum absolute atomic E-state index is 0.155. The Bertz CT molecular complexity index is 303. The molecule has 0 atom stereocenters. The minimum Gasteiger partial charge on any atom is -0.494 e. The highest BCUT2D eigenvalue weighted by atomic mass is 16.5. The summed E-state index contributed by atoms with van der Waals surface area (Å²) in [7, 11) is 0. The SMILES string of the molecule is CCCC(C)(C)Nc1ccc(OCC)cc1. The van der Waals surface area contributed by atoms with Crippen LogP contribution in [-0.2, 0) is 0 Å². The van der Waals surface area contributed by atoms with Crippen molar-refractivity contribution in [2.24, 2.45) is 0 Å². The quantitative estimate of drug-likeness (QED) is 0.781. The number of hydrogen-bond acceptors (Lipinski definition) is 2. The van der Waals surface area contributed by atoms with E-state index in [9.17, 15) is 0 Å². The molecule has 0 aliphatic rings. The summed E-state index contributed by atoms with van der Waals surface area (Å²) in [5.74, 6) is 0.932. The fraction of sp³-hybridized carbons (Fsp3) is 0.571. The highest BCUT2D eigenvalue weighted by Crippen LogP contribution is 2.21. The van der Waals surface area contributed by atoms with Gasteiger partial charge in [0.15, 0.2) is 0 Å². The fourth-order valence-corrected chi connectivity index (χ4v) is 1.88. The molecule has 0 unspecified atom stereocenters. The first-order valence-electron chi connectivity index (χ1n) is 6.08. The molecule has 1 rings (SSSR count). The first-order chi connectivity index (χ1) is 7.57. The highest BCUT2D eigenvalue weighted by Gasteiger charge is 2.15. The average molecular weight is 221 g/mol. The van der Waals surface area contributed by atoms with Crippen LogP contribution in [0, 0.1) is 0 Å². The second-order valence-corrected chi connectivity index (χ2v) is 4.72. The van der Waals surface area contributed by atoms with Crippen molar-refractivity contribution in [2.45, 2.75) is 46.1 Å². The van der Waals surface area contributed by atoms with E-state index in [0.29, 0.717) is 6.61 Å². The Kier molecular flexibility index (Phi) is 4.66. The summed E-state index contributed by atoms with van der Waals surface area (Å²) in [4.78, 5) is 0. The molecule has 0 saturated heterocycles. The number of benzene rings is 1. The van der Waals surface area contributed by atoms with E-state index < -0.39 is 0 Å². The van der Waals surface area contributed by atoms with Gasteiger partial charge in [-0.05, 0) is 51.5 Å². The standard InChI is InChI=1S/C14H23NO/c1-5-11-14(3,4)15-12-7-9-13(10-8-12)16-6-2/h7-10,15H,5-6,11H2,1-4H3. The molecule has 0 heterocycles. The van der Waals surface area contributed by atoms with Gasteiger partial charge in [-0.1, -0.05) is 13.3 Å². The van der Waals surface area contributed by atoms with Gasteiger partial charge in [0.1, 0.15) is 5.75 Å². The number of anilines is 1. The Hall–Kier alpha value is -1.18. The molecule has 0 aromatic heterocycles. The zero-order valence-electron chi connectivity index (χ0n) is 10.8. The predicted octanol–water partition coefficient (Wildman–Crippen LogP) is 4.08. The summed E-state index contributed by atoms with van der Waals surface area (Å²) in [5.41, 5.74) is 1.31. The van der Waals surface area contributed by atoms with Crippen LogP contribution in [0.5, 0.6) is 5.75 Å². The third-order valence-electron chi connectivity index (χ3n) is 2.52. The molecular formula is C14H23NO. The molecule has 2 heteroatoms. The molecule has 0 aliphatic heterocycles. The molecule has 0 spiro atoms. The van der Waals surface area contributed by atoms with E-state index in [4.69, 9.17) is 4.74 Å². The number of rotatable bonds is 6. The van der Waals surface area contributed by atoms with Crippen molar-refractivity contribution < 1.29 is 4.74 Å². The van der Waals surface area contributed by atoms with Gasteiger partial charge in [0.05, 0.1) is 6.61 Å². The summed E-state index contributed by atoms with van der Waals surface area (Å²) < 4.78 is 5.41.